The maximum Gasteiger partial charge on any atom is 0.188 e. The molecule has 6 heteroatoms. The van der Waals surface area contributed by atoms with Crippen LogP contribution < -0.4 is 0 Å². The second-order valence-corrected chi connectivity index (χ2v) is 7.83. The summed E-state index contributed by atoms with van der Waals surface area (Å²) >= 11 is 1.52. The summed E-state index contributed by atoms with van der Waals surface area (Å²) in [7, 11) is -0.808. The standard InChI is InChI=1S/C15H19N3OS2/c19-21(10-12-5-2-1-3-6-12)11-13-9-20-15(18-13)14-16-7-4-8-17-14/h4,7-9,12H,1-3,5-6,10-11H2/t21-/m1/s1. The lowest BCUT2D eigenvalue weighted by atomic mass is 9.91. The molecule has 0 radical (unpaired) electrons. The zero-order valence-corrected chi connectivity index (χ0v) is 13.5. The van der Waals surface area contributed by atoms with Gasteiger partial charge in [0.25, 0.3) is 0 Å². The van der Waals surface area contributed by atoms with Gasteiger partial charge in [-0.3, -0.25) is 4.21 Å². The summed E-state index contributed by atoms with van der Waals surface area (Å²) in [6.07, 6.45) is 9.85. The van der Waals surface area contributed by atoms with Gasteiger partial charge in [0.1, 0.15) is 0 Å². The molecule has 2 heterocycles. The molecule has 4 nitrogen and oxygen atoms in total. The van der Waals surface area contributed by atoms with Crippen LogP contribution in [0.3, 0.4) is 0 Å². The molecule has 0 N–H and O–H groups in total. The highest BCUT2D eigenvalue weighted by Crippen LogP contribution is 2.25. The predicted octanol–water partition coefficient (Wildman–Crippen LogP) is 3.43. The molecule has 0 amide bonds. The lowest BCUT2D eigenvalue weighted by molar-refractivity contribution is 0.388. The van der Waals surface area contributed by atoms with E-state index in [2.05, 4.69) is 15.0 Å². The lowest BCUT2D eigenvalue weighted by Gasteiger charge is -2.20. The Bertz CT molecular complexity index is 594. The van der Waals surface area contributed by atoms with E-state index in [9.17, 15) is 4.21 Å². The lowest BCUT2D eigenvalue weighted by Crippen LogP contribution is -2.15. The summed E-state index contributed by atoms with van der Waals surface area (Å²) in [5.74, 6) is 2.68. The summed E-state index contributed by atoms with van der Waals surface area (Å²) in [6, 6.07) is 1.79. The van der Waals surface area contributed by atoms with Crippen molar-refractivity contribution in [1.82, 2.24) is 15.0 Å². The second-order valence-electron chi connectivity index (χ2n) is 5.47. The SMILES string of the molecule is O=[S@@](Cc1csc(-c2ncccn2)n1)CC1CCCCC1. The van der Waals surface area contributed by atoms with Gasteiger partial charge in [-0.15, -0.1) is 11.3 Å². The van der Waals surface area contributed by atoms with E-state index < -0.39 is 10.8 Å². The van der Waals surface area contributed by atoms with Crippen LogP contribution in [0.5, 0.6) is 0 Å². The molecule has 1 fully saturated rings. The summed E-state index contributed by atoms with van der Waals surface area (Å²) < 4.78 is 12.3. The van der Waals surface area contributed by atoms with E-state index in [1.807, 2.05) is 5.38 Å². The molecule has 0 saturated heterocycles. The van der Waals surface area contributed by atoms with Crippen LogP contribution in [0.25, 0.3) is 10.8 Å². The van der Waals surface area contributed by atoms with Crippen molar-refractivity contribution in [3.05, 3.63) is 29.5 Å². The molecule has 0 bridgehead atoms. The summed E-state index contributed by atoms with van der Waals surface area (Å²) in [4.78, 5) is 12.9. The van der Waals surface area contributed by atoms with Gasteiger partial charge >= 0.3 is 0 Å². The first-order chi connectivity index (χ1) is 10.3. The van der Waals surface area contributed by atoms with Crippen LogP contribution in [0.4, 0.5) is 0 Å². The first kappa shape index (κ1) is 14.8. The number of hydrogen-bond acceptors (Lipinski definition) is 5. The molecule has 1 aliphatic rings. The summed E-state index contributed by atoms with van der Waals surface area (Å²) in [6.45, 7) is 0. The second kappa shape index (κ2) is 7.22. The molecule has 2 aromatic heterocycles. The summed E-state index contributed by atoms with van der Waals surface area (Å²) in [5.41, 5.74) is 0.900. The minimum Gasteiger partial charge on any atom is -0.259 e. The van der Waals surface area contributed by atoms with E-state index in [0.29, 0.717) is 17.5 Å². The average Bonchev–Trinajstić information content (AvgIpc) is 2.97. The summed E-state index contributed by atoms with van der Waals surface area (Å²) in [5, 5.41) is 2.78. The van der Waals surface area contributed by atoms with Crippen molar-refractivity contribution in [2.45, 2.75) is 37.9 Å². The number of nitrogens with zero attached hydrogens (tertiary/aromatic N) is 3. The van der Waals surface area contributed by atoms with Crippen LogP contribution in [0.2, 0.25) is 0 Å². The molecule has 0 unspecified atom stereocenters. The predicted molar refractivity (Wildman–Crippen MR) is 86.4 cm³/mol. The zero-order chi connectivity index (χ0) is 14.5. The maximum atomic E-state index is 12.3. The number of rotatable bonds is 5. The molecule has 1 saturated carbocycles. The Morgan fingerprint density at radius 3 is 2.71 bits per heavy atom. The molecule has 21 heavy (non-hydrogen) atoms. The third-order valence-corrected chi connectivity index (χ3v) is 6.11. The third kappa shape index (κ3) is 4.17. The molecule has 0 aromatic carbocycles. The molecule has 0 aliphatic heterocycles. The van der Waals surface area contributed by atoms with Gasteiger partial charge in [0.05, 0.1) is 11.4 Å². The molecular weight excluding hydrogens is 302 g/mol. The number of aromatic nitrogens is 3. The van der Waals surface area contributed by atoms with Crippen LogP contribution in [0.15, 0.2) is 23.8 Å². The minimum atomic E-state index is -0.808. The van der Waals surface area contributed by atoms with Gasteiger partial charge < -0.3 is 0 Å². The first-order valence-electron chi connectivity index (χ1n) is 7.38. The van der Waals surface area contributed by atoms with Crippen molar-refractivity contribution in [3.8, 4) is 10.8 Å². The average molecular weight is 321 g/mol. The smallest absolute Gasteiger partial charge is 0.188 e. The van der Waals surface area contributed by atoms with Gasteiger partial charge in [-0.05, 0) is 24.8 Å². The monoisotopic (exact) mass is 321 g/mol. The fourth-order valence-corrected chi connectivity index (χ4v) is 5.05. The number of hydrogen-bond donors (Lipinski definition) is 0. The number of thiazole rings is 1. The van der Waals surface area contributed by atoms with E-state index >= 15 is 0 Å². The minimum absolute atomic E-state index is 0.555. The van der Waals surface area contributed by atoms with Crippen molar-refractivity contribution in [3.63, 3.8) is 0 Å². The van der Waals surface area contributed by atoms with Crippen LogP contribution in [-0.4, -0.2) is 24.9 Å². The van der Waals surface area contributed by atoms with Crippen LogP contribution >= 0.6 is 11.3 Å². The molecule has 0 spiro atoms. The zero-order valence-electron chi connectivity index (χ0n) is 11.9. The van der Waals surface area contributed by atoms with Crippen molar-refractivity contribution in [2.75, 3.05) is 5.75 Å². The van der Waals surface area contributed by atoms with Gasteiger partial charge in [-0.2, -0.15) is 0 Å². The Labute approximate surface area is 131 Å². The third-order valence-electron chi connectivity index (χ3n) is 3.76. The van der Waals surface area contributed by atoms with Gasteiger partial charge in [0, 0.05) is 34.3 Å². The Morgan fingerprint density at radius 2 is 1.95 bits per heavy atom. The van der Waals surface area contributed by atoms with E-state index in [4.69, 9.17) is 0 Å². The Morgan fingerprint density at radius 1 is 1.19 bits per heavy atom. The van der Waals surface area contributed by atoms with Crippen molar-refractivity contribution >= 4 is 22.1 Å². The van der Waals surface area contributed by atoms with E-state index in [-0.39, 0.29) is 0 Å². The molecule has 3 rings (SSSR count). The van der Waals surface area contributed by atoms with Gasteiger partial charge in [0.15, 0.2) is 10.8 Å². The highest BCUT2D eigenvalue weighted by atomic mass is 32.2. The van der Waals surface area contributed by atoms with Gasteiger partial charge in [-0.1, -0.05) is 19.3 Å². The Hall–Kier alpha value is -1.14. The van der Waals surface area contributed by atoms with Crippen LogP contribution in [0, 0.1) is 5.92 Å². The van der Waals surface area contributed by atoms with Crippen molar-refractivity contribution in [2.24, 2.45) is 5.92 Å². The van der Waals surface area contributed by atoms with Crippen molar-refractivity contribution in [1.29, 1.82) is 0 Å². The molecule has 1 aliphatic carbocycles. The molecule has 112 valence electrons. The normalized spacial score (nSPS) is 17.7. The quantitative estimate of drug-likeness (QED) is 0.846. The Balaban J connectivity index is 1.58. The van der Waals surface area contributed by atoms with E-state index in [1.165, 1.54) is 43.4 Å². The molecule has 2 aromatic rings. The first-order valence-corrected chi connectivity index (χ1v) is 9.75. The maximum absolute atomic E-state index is 12.3. The molecular formula is C15H19N3OS2. The highest BCUT2D eigenvalue weighted by molar-refractivity contribution is 7.84. The fourth-order valence-electron chi connectivity index (χ4n) is 2.73. The van der Waals surface area contributed by atoms with E-state index in [1.54, 1.807) is 18.5 Å². The van der Waals surface area contributed by atoms with E-state index in [0.717, 1.165) is 16.5 Å². The molecule has 1 atom stereocenters. The van der Waals surface area contributed by atoms with Crippen LogP contribution in [-0.2, 0) is 16.6 Å². The highest BCUT2D eigenvalue weighted by Gasteiger charge is 2.17. The largest absolute Gasteiger partial charge is 0.259 e. The van der Waals surface area contributed by atoms with Gasteiger partial charge in [-0.25, -0.2) is 15.0 Å². The van der Waals surface area contributed by atoms with Crippen molar-refractivity contribution < 1.29 is 4.21 Å². The Kier molecular flexibility index (Phi) is 5.08. The topological polar surface area (TPSA) is 55.7 Å². The van der Waals surface area contributed by atoms with Gasteiger partial charge in [0.2, 0.25) is 0 Å². The fraction of sp³-hybridized carbons (Fsp3) is 0.533. The van der Waals surface area contributed by atoms with Crippen LogP contribution in [0.1, 0.15) is 37.8 Å².